The molecule has 0 heterocycles. The molecule has 1 aromatic carbocycles. The summed E-state index contributed by atoms with van der Waals surface area (Å²) < 4.78 is 26.7. The fourth-order valence-electron chi connectivity index (χ4n) is 1.51. The SMILES string of the molecule is Cc1ccc(N)c(S(=O)(=O)NCC(C)(C)O)c1C. The van der Waals surface area contributed by atoms with Gasteiger partial charge < -0.3 is 10.8 Å². The Bertz CT molecular complexity index is 545. The zero-order valence-corrected chi connectivity index (χ0v) is 11.9. The smallest absolute Gasteiger partial charge is 0.242 e. The highest BCUT2D eigenvalue weighted by molar-refractivity contribution is 7.89. The van der Waals surface area contributed by atoms with E-state index in [1.54, 1.807) is 19.1 Å². The summed E-state index contributed by atoms with van der Waals surface area (Å²) in [5.74, 6) is 0. The molecule has 0 atom stereocenters. The minimum absolute atomic E-state index is 0.0673. The standard InChI is InChI=1S/C12H20N2O3S/c1-8-5-6-10(13)11(9(8)2)18(16,17)14-7-12(3,4)15/h5-6,14-15H,7,13H2,1-4H3. The first-order chi connectivity index (χ1) is 8.04. The summed E-state index contributed by atoms with van der Waals surface area (Å²) in [6.45, 7) is 6.53. The predicted octanol–water partition coefficient (Wildman–Crippen LogP) is 0.935. The van der Waals surface area contributed by atoms with Crippen molar-refractivity contribution >= 4 is 15.7 Å². The molecule has 6 heteroatoms. The number of benzene rings is 1. The van der Waals surface area contributed by atoms with Gasteiger partial charge >= 0.3 is 0 Å². The van der Waals surface area contributed by atoms with Crippen molar-refractivity contribution in [2.24, 2.45) is 0 Å². The van der Waals surface area contributed by atoms with Gasteiger partial charge in [0.05, 0.1) is 11.3 Å². The van der Waals surface area contributed by atoms with Crippen LogP contribution >= 0.6 is 0 Å². The average molecular weight is 272 g/mol. The van der Waals surface area contributed by atoms with Crippen molar-refractivity contribution in [2.75, 3.05) is 12.3 Å². The molecule has 0 aliphatic carbocycles. The summed E-state index contributed by atoms with van der Waals surface area (Å²) in [6.07, 6.45) is 0. The van der Waals surface area contributed by atoms with E-state index in [2.05, 4.69) is 4.72 Å². The number of anilines is 1. The van der Waals surface area contributed by atoms with Crippen molar-refractivity contribution in [3.05, 3.63) is 23.3 Å². The third-order valence-corrected chi connectivity index (χ3v) is 4.27. The van der Waals surface area contributed by atoms with Gasteiger partial charge in [-0.3, -0.25) is 0 Å². The zero-order chi connectivity index (χ0) is 14.1. The highest BCUT2D eigenvalue weighted by Gasteiger charge is 2.23. The van der Waals surface area contributed by atoms with Crippen LogP contribution in [-0.4, -0.2) is 25.7 Å². The zero-order valence-electron chi connectivity index (χ0n) is 11.1. The van der Waals surface area contributed by atoms with E-state index >= 15 is 0 Å². The number of nitrogen functional groups attached to an aromatic ring is 1. The Hall–Kier alpha value is -1.11. The second-order valence-corrected chi connectivity index (χ2v) is 6.77. The number of nitrogens with two attached hydrogens (primary N) is 1. The van der Waals surface area contributed by atoms with Crippen LogP contribution in [0.4, 0.5) is 5.69 Å². The Kier molecular flexibility index (Phi) is 4.05. The lowest BCUT2D eigenvalue weighted by molar-refractivity contribution is 0.0857. The van der Waals surface area contributed by atoms with E-state index in [1.165, 1.54) is 13.8 Å². The van der Waals surface area contributed by atoms with Crippen LogP contribution in [0.5, 0.6) is 0 Å². The van der Waals surface area contributed by atoms with Gasteiger partial charge in [-0.15, -0.1) is 0 Å². The van der Waals surface area contributed by atoms with Crippen LogP contribution in [0, 0.1) is 13.8 Å². The first-order valence-corrected chi connectivity index (χ1v) is 7.10. The topological polar surface area (TPSA) is 92.4 Å². The van der Waals surface area contributed by atoms with E-state index in [0.717, 1.165) is 5.56 Å². The molecule has 0 bridgehead atoms. The van der Waals surface area contributed by atoms with Crippen molar-refractivity contribution in [1.82, 2.24) is 4.72 Å². The number of rotatable bonds is 4. The maximum absolute atomic E-state index is 12.2. The summed E-state index contributed by atoms with van der Waals surface area (Å²) in [5.41, 5.74) is 6.31. The van der Waals surface area contributed by atoms with Crippen molar-refractivity contribution in [2.45, 2.75) is 38.2 Å². The van der Waals surface area contributed by atoms with Crippen molar-refractivity contribution in [3.63, 3.8) is 0 Å². The van der Waals surface area contributed by atoms with Gasteiger partial charge in [0.15, 0.2) is 0 Å². The molecule has 0 radical (unpaired) electrons. The largest absolute Gasteiger partial charge is 0.398 e. The fourth-order valence-corrected chi connectivity index (χ4v) is 3.14. The van der Waals surface area contributed by atoms with Gasteiger partial charge in [-0.2, -0.15) is 0 Å². The maximum atomic E-state index is 12.2. The lowest BCUT2D eigenvalue weighted by atomic mass is 10.1. The molecule has 5 nitrogen and oxygen atoms in total. The number of aryl methyl sites for hydroxylation is 1. The summed E-state index contributed by atoms with van der Waals surface area (Å²) in [4.78, 5) is 0.0896. The number of sulfonamides is 1. The van der Waals surface area contributed by atoms with Crippen molar-refractivity contribution < 1.29 is 13.5 Å². The molecule has 0 fully saturated rings. The van der Waals surface area contributed by atoms with E-state index in [-0.39, 0.29) is 17.1 Å². The van der Waals surface area contributed by atoms with Gasteiger partial charge in [-0.25, -0.2) is 13.1 Å². The summed E-state index contributed by atoms with van der Waals surface area (Å²) >= 11 is 0. The maximum Gasteiger partial charge on any atom is 0.242 e. The average Bonchev–Trinajstić information content (AvgIpc) is 2.20. The summed E-state index contributed by atoms with van der Waals surface area (Å²) in [5, 5.41) is 9.56. The van der Waals surface area contributed by atoms with Gasteiger partial charge in [0.1, 0.15) is 4.90 Å². The summed E-state index contributed by atoms with van der Waals surface area (Å²) in [7, 11) is -3.71. The van der Waals surface area contributed by atoms with Gasteiger partial charge in [0.25, 0.3) is 0 Å². The molecule has 102 valence electrons. The van der Waals surface area contributed by atoms with Crippen LogP contribution in [0.25, 0.3) is 0 Å². The Morgan fingerprint density at radius 3 is 2.39 bits per heavy atom. The molecule has 0 unspecified atom stereocenters. The Labute approximate surface area is 108 Å². The molecule has 1 rings (SSSR count). The minimum atomic E-state index is -3.71. The predicted molar refractivity (Wildman–Crippen MR) is 71.8 cm³/mol. The molecule has 0 spiro atoms. The van der Waals surface area contributed by atoms with Crippen LogP contribution in [-0.2, 0) is 10.0 Å². The lowest BCUT2D eigenvalue weighted by Gasteiger charge is -2.19. The molecule has 0 aliphatic rings. The van der Waals surface area contributed by atoms with E-state index in [4.69, 9.17) is 5.73 Å². The van der Waals surface area contributed by atoms with E-state index in [1.807, 2.05) is 6.92 Å². The Balaban J connectivity index is 3.18. The second kappa shape index (κ2) is 4.87. The number of hydrogen-bond acceptors (Lipinski definition) is 4. The van der Waals surface area contributed by atoms with E-state index in [9.17, 15) is 13.5 Å². The number of hydrogen-bond donors (Lipinski definition) is 3. The van der Waals surface area contributed by atoms with Crippen LogP contribution in [0.3, 0.4) is 0 Å². The molecule has 0 saturated heterocycles. The molecule has 0 saturated carbocycles. The van der Waals surface area contributed by atoms with E-state index in [0.29, 0.717) is 5.56 Å². The Morgan fingerprint density at radius 2 is 1.89 bits per heavy atom. The quantitative estimate of drug-likeness (QED) is 0.711. The molecular weight excluding hydrogens is 252 g/mol. The highest BCUT2D eigenvalue weighted by Crippen LogP contribution is 2.25. The third-order valence-electron chi connectivity index (χ3n) is 2.67. The molecular formula is C12H20N2O3S. The molecule has 18 heavy (non-hydrogen) atoms. The van der Waals surface area contributed by atoms with Crippen molar-refractivity contribution in [3.8, 4) is 0 Å². The first-order valence-electron chi connectivity index (χ1n) is 5.62. The molecule has 1 aromatic rings. The van der Waals surface area contributed by atoms with Gasteiger partial charge in [0, 0.05) is 6.54 Å². The summed E-state index contributed by atoms with van der Waals surface area (Å²) in [6, 6.07) is 3.35. The van der Waals surface area contributed by atoms with Crippen LogP contribution in [0.1, 0.15) is 25.0 Å². The van der Waals surface area contributed by atoms with Crippen LogP contribution < -0.4 is 10.5 Å². The van der Waals surface area contributed by atoms with E-state index < -0.39 is 15.6 Å². The number of nitrogens with one attached hydrogen (secondary N) is 1. The first kappa shape index (κ1) is 14.9. The molecule has 4 N–H and O–H groups in total. The number of aliphatic hydroxyl groups is 1. The van der Waals surface area contributed by atoms with Crippen LogP contribution in [0.15, 0.2) is 17.0 Å². The minimum Gasteiger partial charge on any atom is -0.398 e. The monoisotopic (exact) mass is 272 g/mol. The van der Waals surface area contributed by atoms with Crippen LogP contribution in [0.2, 0.25) is 0 Å². The van der Waals surface area contributed by atoms with Gasteiger partial charge in [-0.05, 0) is 44.9 Å². The molecule has 0 aliphatic heterocycles. The molecule has 0 amide bonds. The Morgan fingerprint density at radius 1 is 1.33 bits per heavy atom. The normalized spacial score (nSPS) is 12.7. The van der Waals surface area contributed by atoms with Gasteiger partial charge in [0.2, 0.25) is 10.0 Å². The third kappa shape index (κ3) is 3.44. The van der Waals surface area contributed by atoms with Crippen molar-refractivity contribution in [1.29, 1.82) is 0 Å². The second-order valence-electron chi connectivity index (χ2n) is 5.06. The lowest BCUT2D eigenvalue weighted by Crippen LogP contribution is -2.38. The fraction of sp³-hybridized carbons (Fsp3) is 0.500. The van der Waals surface area contributed by atoms with Gasteiger partial charge in [-0.1, -0.05) is 6.07 Å². The highest BCUT2D eigenvalue weighted by atomic mass is 32.2. The molecule has 0 aromatic heterocycles.